The molecule has 0 aliphatic heterocycles. The minimum absolute atomic E-state index is 1.19. The molecular weight excluding hydrogens is 338 g/mol. The topological polar surface area (TPSA) is 3.24 Å². The fourth-order valence-corrected chi connectivity index (χ4v) is 3.98. The van der Waals surface area contributed by atoms with Crippen LogP contribution in [0.5, 0.6) is 0 Å². The van der Waals surface area contributed by atoms with Crippen molar-refractivity contribution in [2.75, 3.05) is 19.6 Å². The van der Waals surface area contributed by atoms with Crippen LogP contribution in [0.15, 0.2) is 12.2 Å². The van der Waals surface area contributed by atoms with E-state index in [4.69, 9.17) is 0 Å². The number of unbranched alkanes of at least 4 members (excludes halogenated alkanes) is 15. The van der Waals surface area contributed by atoms with E-state index in [0.29, 0.717) is 0 Å². The molecule has 0 aromatic heterocycles. The molecule has 0 bridgehead atoms. The number of rotatable bonds is 23. The Morgan fingerprint density at radius 2 is 0.821 bits per heavy atom. The van der Waals surface area contributed by atoms with Crippen LogP contribution in [0.3, 0.4) is 0 Å². The Morgan fingerprint density at radius 1 is 0.429 bits per heavy atom. The first-order chi connectivity index (χ1) is 13.8. The molecule has 0 saturated carbocycles. The highest BCUT2D eigenvalue weighted by atomic mass is 15.1. The lowest BCUT2D eigenvalue weighted by Crippen LogP contribution is -2.27. The van der Waals surface area contributed by atoms with Gasteiger partial charge in [0.15, 0.2) is 0 Å². The summed E-state index contributed by atoms with van der Waals surface area (Å²) in [6.07, 6.45) is 31.3. The van der Waals surface area contributed by atoms with Crippen LogP contribution in [0, 0.1) is 0 Å². The monoisotopic (exact) mass is 393 g/mol. The normalized spacial score (nSPS) is 11.9. The summed E-state index contributed by atoms with van der Waals surface area (Å²) in [7, 11) is 0. The highest BCUT2D eigenvalue weighted by Gasteiger charge is 2.05. The maximum Gasteiger partial charge on any atom is -0.00187 e. The van der Waals surface area contributed by atoms with Crippen molar-refractivity contribution in [2.45, 2.75) is 143 Å². The van der Waals surface area contributed by atoms with Gasteiger partial charge in [0.1, 0.15) is 0 Å². The van der Waals surface area contributed by atoms with Crippen molar-refractivity contribution in [3.63, 3.8) is 0 Å². The van der Waals surface area contributed by atoms with Crippen LogP contribution in [0.25, 0.3) is 0 Å². The van der Waals surface area contributed by atoms with E-state index < -0.39 is 0 Å². The van der Waals surface area contributed by atoms with Gasteiger partial charge >= 0.3 is 0 Å². The summed E-state index contributed by atoms with van der Waals surface area (Å²) in [6, 6.07) is 0. The molecule has 0 unspecified atom stereocenters. The van der Waals surface area contributed by atoms with E-state index in [2.05, 4.69) is 37.8 Å². The van der Waals surface area contributed by atoms with Gasteiger partial charge in [-0.2, -0.15) is 0 Å². The molecule has 0 aromatic rings. The molecule has 1 nitrogen and oxygen atoms in total. The molecule has 0 aromatic carbocycles. The fraction of sp³-hybridized carbons (Fsp3) is 0.926. The van der Waals surface area contributed by atoms with Gasteiger partial charge in [-0.1, -0.05) is 116 Å². The first kappa shape index (κ1) is 27.7. The first-order valence-corrected chi connectivity index (χ1v) is 13.2. The van der Waals surface area contributed by atoms with Crippen molar-refractivity contribution in [3.8, 4) is 0 Å². The van der Waals surface area contributed by atoms with Crippen molar-refractivity contribution in [1.82, 2.24) is 4.90 Å². The lowest BCUT2D eigenvalue weighted by molar-refractivity contribution is 0.254. The van der Waals surface area contributed by atoms with Gasteiger partial charge in [0.05, 0.1) is 0 Å². The SMILES string of the molecule is CC/C=C/CCCCCN(CCCCCCCCC)CCCCCCCCC. The fourth-order valence-electron chi connectivity index (χ4n) is 3.98. The zero-order chi connectivity index (χ0) is 20.5. The van der Waals surface area contributed by atoms with Crippen LogP contribution >= 0.6 is 0 Å². The largest absolute Gasteiger partial charge is 0.303 e. The standard InChI is InChI=1S/C27H55N/c1-4-7-10-13-16-19-22-25-28(26-23-20-17-14-11-8-5-2)27-24-21-18-15-12-9-6-3/h7,10H,4-6,8-9,11-27H2,1-3H3/b10-7+. The molecule has 28 heavy (non-hydrogen) atoms. The van der Waals surface area contributed by atoms with Crippen molar-refractivity contribution < 1.29 is 0 Å². The average molecular weight is 394 g/mol. The van der Waals surface area contributed by atoms with E-state index in [1.807, 2.05) is 0 Å². The molecule has 0 radical (unpaired) electrons. The Hall–Kier alpha value is -0.300. The molecule has 0 aliphatic carbocycles. The van der Waals surface area contributed by atoms with Crippen LogP contribution in [-0.4, -0.2) is 24.5 Å². The Morgan fingerprint density at radius 3 is 1.25 bits per heavy atom. The molecular formula is C27H55N. The average Bonchev–Trinajstić information content (AvgIpc) is 2.71. The molecule has 0 fully saturated rings. The highest BCUT2D eigenvalue weighted by Crippen LogP contribution is 2.11. The Bertz CT molecular complexity index is 279. The Kier molecular flexibility index (Phi) is 24.5. The summed E-state index contributed by atoms with van der Waals surface area (Å²) >= 11 is 0. The third kappa shape index (κ3) is 22.0. The van der Waals surface area contributed by atoms with Crippen molar-refractivity contribution in [1.29, 1.82) is 0 Å². The van der Waals surface area contributed by atoms with Gasteiger partial charge in [-0.25, -0.2) is 0 Å². The number of nitrogens with zero attached hydrogens (tertiary/aromatic N) is 1. The van der Waals surface area contributed by atoms with Crippen LogP contribution in [0.2, 0.25) is 0 Å². The minimum Gasteiger partial charge on any atom is -0.303 e. The number of hydrogen-bond donors (Lipinski definition) is 0. The molecule has 0 heterocycles. The minimum atomic E-state index is 1.19. The van der Waals surface area contributed by atoms with Crippen LogP contribution in [0.1, 0.15) is 143 Å². The van der Waals surface area contributed by atoms with Crippen molar-refractivity contribution in [3.05, 3.63) is 12.2 Å². The lowest BCUT2D eigenvalue weighted by atomic mass is 10.1. The number of allylic oxidation sites excluding steroid dienone is 2. The molecule has 0 spiro atoms. The van der Waals surface area contributed by atoms with Gasteiger partial charge in [0.2, 0.25) is 0 Å². The van der Waals surface area contributed by atoms with E-state index >= 15 is 0 Å². The van der Waals surface area contributed by atoms with Gasteiger partial charge in [-0.05, 0) is 58.2 Å². The summed E-state index contributed by atoms with van der Waals surface area (Å²) in [4.78, 5) is 2.79. The van der Waals surface area contributed by atoms with E-state index in [1.165, 1.54) is 142 Å². The van der Waals surface area contributed by atoms with E-state index in [-0.39, 0.29) is 0 Å². The summed E-state index contributed by atoms with van der Waals surface area (Å²) in [5.41, 5.74) is 0. The molecule has 0 atom stereocenters. The first-order valence-electron chi connectivity index (χ1n) is 13.2. The third-order valence-electron chi connectivity index (χ3n) is 5.90. The second kappa shape index (κ2) is 24.7. The predicted octanol–water partition coefficient (Wildman–Crippen LogP) is 9.32. The lowest BCUT2D eigenvalue weighted by Gasteiger charge is -2.22. The Balaban J connectivity index is 3.84. The zero-order valence-electron chi connectivity index (χ0n) is 20.2. The van der Waals surface area contributed by atoms with E-state index in [0.717, 1.165) is 0 Å². The summed E-state index contributed by atoms with van der Waals surface area (Å²) in [5.74, 6) is 0. The van der Waals surface area contributed by atoms with E-state index in [9.17, 15) is 0 Å². The molecule has 0 amide bonds. The van der Waals surface area contributed by atoms with Gasteiger partial charge in [0.25, 0.3) is 0 Å². The highest BCUT2D eigenvalue weighted by molar-refractivity contribution is 4.79. The summed E-state index contributed by atoms with van der Waals surface area (Å²) in [6.45, 7) is 10.9. The van der Waals surface area contributed by atoms with Crippen molar-refractivity contribution in [2.24, 2.45) is 0 Å². The van der Waals surface area contributed by atoms with Crippen LogP contribution in [-0.2, 0) is 0 Å². The molecule has 168 valence electrons. The molecule has 1 heteroatoms. The molecule has 0 rings (SSSR count). The summed E-state index contributed by atoms with van der Waals surface area (Å²) in [5, 5.41) is 0. The summed E-state index contributed by atoms with van der Waals surface area (Å²) < 4.78 is 0. The second-order valence-corrected chi connectivity index (χ2v) is 8.81. The maximum absolute atomic E-state index is 2.79. The van der Waals surface area contributed by atoms with Gasteiger partial charge in [0, 0.05) is 0 Å². The zero-order valence-corrected chi connectivity index (χ0v) is 20.2. The molecule has 0 saturated heterocycles. The van der Waals surface area contributed by atoms with Crippen LogP contribution in [0.4, 0.5) is 0 Å². The maximum atomic E-state index is 2.79. The smallest absolute Gasteiger partial charge is 0.00187 e. The van der Waals surface area contributed by atoms with Crippen LogP contribution < -0.4 is 0 Å². The second-order valence-electron chi connectivity index (χ2n) is 8.81. The van der Waals surface area contributed by atoms with E-state index in [1.54, 1.807) is 0 Å². The predicted molar refractivity (Wildman–Crippen MR) is 130 cm³/mol. The third-order valence-corrected chi connectivity index (χ3v) is 5.90. The quantitative estimate of drug-likeness (QED) is 0.123. The van der Waals surface area contributed by atoms with Crippen molar-refractivity contribution >= 4 is 0 Å². The Labute approximate surface area is 179 Å². The number of hydrogen-bond acceptors (Lipinski definition) is 1. The van der Waals surface area contributed by atoms with Gasteiger partial charge < -0.3 is 4.90 Å². The molecule has 0 aliphatic rings. The molecule has 0 N–H and O–H groups in total. The van der Waals surface area contributed by atoms with Gasteiger partial charge in [-0.3, -0.25) is 0 Å². The van der Waals surface area contributed by atoms with Gasteiger partial charge in [-0.15, -0.1) is 0 Å².